The van der Waals surface area contributed by atoms with Crippen molar-refractivity contribution in [2.45, 2.75) is 51.7 Å². The number of H-pyrrole nitrogens is 1. The molecular formula is C19H25N3O3S. The maximum absolute atomic E-state index is 12.7. The van der Waals surface area contributed by atoms with Gasteiger partial charge in [-0.05, 0) is 49.7 Å². The van der Waals surface area contributed by atoms with Crippen LogP contribution in [0.4, 0.5) is 0 Å². The zero-order valence-corrected chi connectivity index (χ0v) is 15.9. The fraction of sp³-hybridized carbons (Fsp3) is 0.526. The first-order valence-electron chi connectivity index (χ1n) is 9.27. The molecule has 2 N–H and O–H groups in total. The molecular weight excluding hydrogens is 350 g/mol. The van der Waals surface area contributed by atoms with Crippen LogP contribution in [-0.2, 0) is 11.3 Å². The van der Waals surface area contributed by atoms with Gasteiger partial charge >= 0.3 is 0 Å². The van der Waals surface area contributed by atoms with Crippen molar-refractivity contribution in [2.24, 2.45) is 0 Å². The fourth-order valence-corrected chi connectivity index (χ4v) is 3.52. The number of fused-ring (bicyclic) bond motifs is 1. The summed E-state index contributed by atoms with van der Waals surface area (Å²) in [5, 5.41) is 3.44. The van der Waals surface area contributed by atoms with Crippen LogP contribution in [-0.4, -0.2) is 34.7 Å². The molecule has 1 saturated heterocycles. The van der Waals surface area contributed by atoms with E-state index in [-0.39, 0.29) is 17.6 Å². The maximum atomic E-state index is 12.7. The number of unbranched alkanes of at least 4 members (excludes halogenated alkanes) is 2. The molecule has 0 saturated carbocycles. The highest BCUT2D eigenvalue weighted by Gasteiger charge is 2.17. The van der Waals surface area contributed by atoms with Crippen molar-refractivity contribution in [1.82, 2.24) is 14.9 Å². The van der Waals surface area contributed by atoms with E-state index in [1.54, 1.807) is 22.8 Å². The number of rotatable bonds is 7. The summed E-state index contributed by atoms with van der Waals surface area (Å²) >= 11 is 5.34. The molecule has 1 aromatic heterocycles. The molecule has 0 spiro atoms. The first kappa shape index (κ1) is 18.8. The topological polar surface area (TPSA) is 76.1 Å². The van der Waals surface area contributed by atoms with Crippen LogP contribution in [0.2, 0.25) is 0 Å². The van der Waals surface area contributed by atoms with Crippen LogP contribution in [0.5, 0.6) is 0 Å². The quantitative estimate of drug-likeness (QED) is 0.576. The number of carbonyl (C=O) groups is 1. The fourth-order valence-electron chi connectivity index (χ4n) is 3.23. The predicted molar refractivity (Wildman–Crippen MR) is 104 cm³/mol. The molecule has 1 amide bonds. The van der Waals surface area contributed by atoms with Gasteiger partial charge in [-0.15, -0.1) is 0 Å². The smallest absolute Gasteiger partial charge is 0.262 e. The van der Waals surface area contributed by atoms with Crippen molar-refractivity contribution in [3.05, 3.63) is 38.9 Å². The zero-order valence-electron chi connectivity index (χ0n) is 15.0. The largest absolute Gasteiger partial charge is 0.376 e. The summed E-state index contributed by atoms with van der Waals surface area (Å²) in [5.41, 5.74) is 0.993. The van der Waals surface area contributed by atoms with E-state index < -0.39 is 0 Å². The summed E-state index contributed by atoms with van der Waals surface area (Å²) in [6.45, 7) is 4.00. The molecule has 3 rings (SSSR count). The number of benzene rings is 1. The molecule has 0 aliphatic carbocycles. The normalized spacial score (nSPS) is 16.9. The molecule has 0 unspecified atom stereocenters. The molecule has 0 radical (unpaired) electrons. The minimum Gasteiger partial charge on any atom is -0.376 e. The van der Waals surface area contributed by atoms with Crippen molar-refractivity contribution in [3.8, 4) is 0 Å². The van der Waals surface area contributed by atoms with E-state index >= 15 is 0 Å². The van der Waals surface area contributed by atoms with Gasteiger partial charge in [0.2, 0.25) is 0 Å². The van der Waals surface area contributed by atoms with E-state index in [1.807, 2.05) is 0 Å². The van der Waals surface area contributed by atoms with E-state index in [0.717, 1.165) is 38.7 Å². The van der Waals surface area contributed by atoms with Gasteiger partial charge in [0.25, 0.3) is 11.5 Å². The summed E-state index contributed by atoms with van der Waals surface area (Å²) < 4.78 is 7.52. The molecule has 2 aromatic rings. The number of carbonyl (C=O) groups excluding carboxylic acids is 1. The van der Waals surface area contributed by atoms with Crippen LogP contribution in [0, 0.1) is 4.77 Å². The average molecular weight is 375 g/mol. The minimum atomic E-state index is -0.172. The van der Waals surface area contributed by atoms with Crippen LogP contribution < -0.4 is 10.9 Å². The van der Waals surface area contributed by atoms with Gasteiger partial charge in [0, 0.05) is 25.3 Å². The first-order valence-corrected chi connectivity index (χ1v) is 9.67. The van der Waals surface area contributed by atoms with E-state index in [2.05, 4.69) is 17.2 Å². The number of nitrogens with zero attached hydrogens (tertiary/aromatic N) is 1. The number of hydrogen-bond acceptors (Lipinski definition) is 4. The maximum Gasteiger partial charge on any atom is 0.262 e. The number of amides is 1. The van der Waals surface area contributed by atoms with E-state index in [1.165, 1.54) is 0 Å². The van der Waals surface area contributed by atoms with Gasteiger partial charge in [0.05, 0.1) is 17.0 Å². The van der Waals surface area contributed by atoms with Crippen molar-refractivity contribution >= 4 is 29.0 Å². The summed E-state index contributed by atoms with van der Waals surface area (Å²) in [7, 11) is 0. The molecule has 140 valence electrons. The highest BCUT2D eigenvalue weighted by molar-refractivity contribution is 7.71. The van der Waals surface area contributed by atoms with Gasteiger partial charge in [-0.3, -0.25) is 14.2 Å². The van der Waals surface area contributed by atoms with Crippen LogP contribution in [0.25, 0.3) is 10.9 Å². The Labute approximate surface area is 157 Å². The molecule has 2 heterocycles. The number of aromatic nitrogens is 2. The summed E-state index contributed by atoms with van der Waals surface area (Å²) in [6, 6.07) is 5.07. The Hall–Kier alpha value is -1.99. The molecule has 7 heteroatoms. The van der Waals surface area contributed by atoms with E-state index in [9.17, 15) is 9.59 Å². The molecule has 6 nitrogen and oxygen atoms in total. The molecule has 0 bridgehead atoms. The summed E-state index contributed by atoms with van der Waals surface area (Å²) in [6.07, 6.45) is 5.18. The molecule has 1 atom stereocenters. The van der Waals surface area contributed by atoms with Gasteiger partial charge in [-0.1, -0.05) is 19.8 Å². The molecule has 26 heavy (non-hydrogen) atoms. The van der Waals surface area contributed by atoms with Crippen LogP contribution in [0.15, 0.2) is 23.0 Å². The zero-order chi connectivity index (χ0) is 18.5. The third kappa shape index (κ3) is 4.22. The number of aromatic amines is 1. The van der Waals surface area contributed by atoms with Gasteiger partial charge in [0.15, 0.2) is 4.77 Å². The molecule has 1 aliphatic rings. The monoisotopic (exact) mass is 375 g/mol. The Bertz CT molecular complexity index is 897. The predicted octanol–water partition coefficient (Wildman–Crippen LogP) is 3.16. The second kappa shape index (κ2) is 8.60. The molecule has 1 fully saturated rings. The average Bonchev–Trinajstić information content (AvgIpc) is 3.15. The van der Waals surface area contributed by atoms with Gasteiger partial charge in [-0.25, -0.2) is 0 Å². The first-order chi connectivity index (χ1) is 12.6. The number of nitrogens with one attached hydrogen (secondary N) is 2. The van der Waals surface area contributed by atoms with Crippen molar-refractivity contribution in [1.29, 1.82) is 0 Å². The number of hydrogen-bond donors (Lipinski definition) is 2. The SMILES string of the molecule is CCCCCn1c(=S)[nH]c2cc(C(=O)NC[C@H]3CCCO3)ccc2c1=O. The summed E-state index contributed by atoms with van der Waals surface area (Å²) in [4.78, 5) is 28.1. The third-order valence-corrected chi connectivity index (χ3v) is 5.07. The van der Waals surface area contributed by atoms with Crippen molar-refractivity contribution < 1.29 is 9.53 Å². The highest BCUT2D eigenvalue weighted by atomic mass is 32.1. The van der Waals surface area contributed by atoms with Crippen molar-refractivity contribution in [3.63, 3.8) is 0 Å². The molecule has 1 aromatic carbocycles. The highest BCUT2D eigenvalue weighted by Crippen LogP contribution is 2.13. The van der Waals surface area contributed by atoms with Crippen LogP contribution in [0.3, 0.4) is 0 Å². The van der Waals surface area contributed by atoms with E-state index in [0.29, 0.717) is 34.3 Å². The number of ether oxygens (including phenoxy) is 1. The second-order valence-electron chi connectivity index (χ2n) is 6.70. The second-order valence-corrected chi connectivity index (χ2v) is 7.09. The van der Waals surface area contributed by atoms with Crippen LogP contribution >= 0.6 is 12.2 Å². The molecule has 1 aliphatic heterocycles. The lowest BCUT2D eigenvalue weighted by atomic mass is 10.1. The van der Waals surface area contributed by atoms with Gasteiger partial charge < -0.3 is 15.0 Å². The van der Waals surface area contributed by atoms with Gasteiger partial charge in [0.1, 0.15) is 0 Å². The lowest BCUT2D eigenvalue weighted by Gasteiger charge is -2.12. The Morgan fingerprint density at radius 3 is 3.00 bits per heavy atom. The Morgan fingerprint density at radius 2 is 2.27 bits per heavy atom. The Balaban J connectivity index is 1.80. The van der Waals surface area contributed by atoms with Gasteiger partial charge in [-0.2, -0.15) is 0 Å². The Morgan fingerprint density at radius 1 is 1.42 bits per heavy atom. The van der Waals surface area contributed by atoms with E-state index in [4.69, 9.17) is 17.0 Å². The standard InChI is InChI=1S/C19H25N3O3S/c1-2-3-4-9-22-18(24)15-8-7-13(11-16(15)21-19(22)26)17(23)20-12-14-6-5-10-25-14/h7-8,11,14H,2-6,9-10,12H2,1H3,(H,20,23)(H,21,26)/t14-/m1/s1. The Kier molecular flexibility index (Phi) is 6.21. The third-order valence-electron chi connectivity index (χ3n) is 4.74. The lowest BCUT2D eigenvalue weighted by molar-refractivity contribution is 0.0858. The van der Waals surface area contributed by atoms with Crippen LogP contribution in [0.1, 0.15) is 49.4 Å². The summed E-state index contributed by atoms with van der Waals surface area (Å²) in [5.74, 6) is -0.172. The lowest BCUT2D eigenvalue weighted by Crippen LogP contribution is -2.31. The minimum absolute atomic E-state index is 0.0977. The van der Waals surface area contributed by atoms with Crippen molar-refractivity contribution in [2.75, 3.05) is 13.2 Å².